The summed E-state index contributed by atoms with van der Waals surface area (Å²) in [5, 5.41) is 32.5. The van der Waals surface area contributed by atoms with Crippen LogP contribution in [0.2, 0.25) is 0 Å². The monoisotopic (exact) mass is 600 g/mol. The van der Waals surface area contributed by atoms with E-state index >= 15 is 0 Å². The Hall–Kier alpha value is -1.28. The summed E-state index contributed by atoms with van der Waals surface area (Å²) in [5.74, 6) is 0.361. The van der Waals surface area contributed by atoms with Crippen molar-refractivity contribution in [3.05, 3.63) is 53.1 Å². The number of nitrogens with zero attached hydrogens (tertiary/aromatic N) is 1. The molecular formula is C27H42Br2N2O3. The van der Waals surface area contributed by atoms with E-state index in [-0.39, 0.29) is 45.5 Å². The van der Waals surface area contributed by atoms with Crippen molar-refractivity contribution in [1.29, 1.82) is 0 Å². The molecule has 192 valence electrons. The molecule has 0 saturated heterocycles. The van der Waals surface area contributed by atoms with Gasteiger partial charge in [0.05, 0.1) is 0 Å². The van der Waals surface area contributed by atoms with Crippen molar-refractivity contribution < 1.29 is 15.3 Å². The zero-order chi connectivity index (χ0) is 22.8. The second-order valence-electron chi connectivity index (χ2n) is 9.08. The van der Waals surface area contributed by atoms with Crippen LogP contribution in [0.15, 0.2) is 36.4 Å². The Morgan fingerprint density at radius 2 is 1.68 bits per heavy atom. The topological polar surface area (TPSA) is 76.0 Å². The molecule has 0 heterocycles. The van der Waals surface area contributed by atoms with E-state index in [9.17, 15) is 15.3 Å². The molecule has 5 nitrogen and oxygen atoms in total. The number of fused-ring (bicyclic) bond motifs is 1. The lowest BCUT2D eigenvalue weighted by Gasteiger charge is -2.35. The normalized spacial score (nSPS) is 14.8. The van der Waals surface area contributed by atoms with Crippen molar-refractivity contribution in [2.45, 2.75) is 70.8 Å². The van der Waals surface area contributed by atoms with Gasteiger partial charge in [-0.05, 0) is 106 Å². The van der Waals surface area contributed by atoms with Gasteiger partial charge in [0.25, 0.3) is 0 Å². The second kappa shape index (κ2) is 16.4. The molecular weight excluding hydrogens is 560 g/mol. The minimum absolute atomic E-state index is 0. The smallest absolute Gasteiger partial charge is 0.157 e. The highest BCUT2D eigenvalue weighted by Gasteiger charge is 2.24. The molecule has 3 rings (SSSR count). The predicted molar refractivity (Wildman–Crippen MR) is 151 cm³/mol. The number of hydrogen-bond acceptors (Lipinski definition) is 5. The molecule has 0 spiro atoms. The summed E-state index contributed by atoms with van der Waals surface area (Å²) in [6.07, 6.45) is 10.2. The van der Waals surface area contributed by atoms with E-state index < -0.39 is 0 Å². The van der Waals surface area contributed by atoms with Crippen molar-refractivity contribution in [2.75, 3.05) is 26.2 Å². The third-order valence-electron chi connectivity index (χ3n) is 6.64. The van der Waals surface area contributed by atoms with E-state index in [1.807, 2.05) is 18.2 Å². The first-order valence-electron chi connectivity index (χ1n) is 12.3. The molecule has 4 N–H and O–H groups in total. The van der Waals surface area contributed by atoms with E-state index in [1.54, 1.807) is 12.1 Å². The van der Waals surface area contributed by atoms with Crippen LogP contribution < -0.4 is 5.32 Å². The first-order valence-corrected chi connectivity index (χ1v) is 12.3. The molecule has 0 unspecified atom stereocenters. The number of aromatic hydroxyl groups is 3. The first-order chi connectivity index (χ1) is 15.6. The van der Waals surface area contributed by atoms with E-state index in [2.05, 4.69) is 23.2 Å². The van der Waals surface area contributed by atoms with E-state index in [1.165, 1.54) is 44.2 Å². The largest absolute Gasteiger partial charge is 0.508 e. The number of nitrogens with one attached hydrogen (secondary N) is 1. The van der Waals surface area contributed by atoms with Crippen LogP contribution in [-0.4, -0.2) is 52.4 Å². The van der Waals surface area contributed by atoms with Crippen LogP contribution in [0.4, 0.5) is 0 Å². The molecule has 1 aliphatic rings. The van der Waals surface area contributed by atoms with Gasteiger partial charge in [-0.2, -0.15) is 0 Å². The van der Waals surface area contributed by atoms with Crippen molar-refractivity contribution in [3.8, 4) is 17.2 Å². The zero-order valence-electron chi connectivity index (χ0n) is 20.3. The average Bonchev–Trinajstić information content (AvgIpc) is 2.79. The van der Waals surface area contributed by atoms with Gasteiger partial charge in [0, 0.05) is 6.04 Å². The maximum absolute atomic E-state index is 10.1. The molecule has 7 heteroatoms. The second-order valence-corrected chi connectivity index (χ2v) is 9.08. The Labute approximate surface area is 226 Å². The fourth-order valence-corrected chi connectivity index (χ4v) is 4.84. The highest BCUT2D eigenvalue weighted by atomic mass is 79.9. The standard InChI is InChI=1S/C27H40N2O3.2BrH/c1-2-17-29(23-11-12-24-22(20-23)8-7-9-25(24)30)18-6-4-3-5-15-28-16-14-21-10-13-26(31)27(32)19-21;;/h7-10,13,19,23,28,30-32H,2-6,11-12,14-18,20H2,1H3;2*1H/t23-;;/m0../s1. The molecule has 1 aliphatic carbocycles. The third-order valence-corrected chi connectivity index (χ3v) is 6.64. The predicted octanol–water partition coefficient (Wildman–Crippen LogP) is 5.92. The molecule has 2 aromatic rings. The van der Waals surface area contributed by atoms with Gasteiger partial charge in [-0.3, -0.25) is 0 Å². The number of hydrogen-bond donors (Lipinski definition) is 4. The van der Waals surface area contributed by atoms with Crippen LogP contribution in [0, 0.1) is 0 Å². The molecule has 0 amide bonds. The van der Waals surface area contributed by atoms with Crippen LogP contribution in [0.25, 0.3) is 0 Å². The Bertz CT molecular complexity index is 851. The van der Waals surface area contributed by atoms with Gasteiger partial charge >= 0.3 is 0 Å². The molecule has 1 atom stereocenters. The quantitative estimate of drug-likeness (QED) is 0.169. The number of rotatable bonds is 13. The maximum atomic E-state index is 10.1. The van der Waals surface area contributed by atoms with Crippen molar-refractivity contribution in [2.24, 2.45) is 0 Å². The molecule has 0 bridgehead atoms. The van der Waals surface area contributed by atoms with Gasteiger partial charge in [0.2, 0.25) is 0 Å². The van der Waals surface area contributed by atoms with Gasteiger partial charge in [-0.1, -0.05) is 38.0 Å². The van der Waals surface area contributed by atoms with Gasteiger partial charge in [0.15, 0.2) is 11.5 Å². The minimum Gasteiger partial charge on any atom is -0.508 e. The lowest BCUT2D eigenvalue weighted by Crippen LogP contribution is -2.40. The van der Waals surface area contributed by atoms with Crippen LogP contribution >= 0.6 is 34.0 Å². The molecule has 0 aliphatic heterocycles. The number of halogens is 2. The van der Waals surface area contributed by atoms with Gasteiger partial charge in [-0.25, -0.2) is 0 Å². The first kappa shape index (κ1) is 30.8. The SMILES string of the molecule is Br.Br.CCCN(CCCCCCNCCc1ccc(O)c(O)c1)[C@H]1CCc2c(O)cccc2C1. The molecule has 0 aromatic heterocycles. The zero-order valence-corrected chi connectivity index (χ0v) is 23.8. The van der Waals surface area contributed by atoms with Crippen molar-refractivity contribution in [1.82, 2.24) is 10.2 Å². The number of benzene rings is 2. The molecule has 0 saturated carbocycles. The Kier molecular flexibility index (Phi) is 14.8. The Balaban J connectivity index is 0.00000289. The summed E-state index contributed by atoms with van der Waals surface area (Å²) < 4.78 is 0. The summed E-state index contributed by atoms with van der Waals surface area (Å²) in [7, 11) is 0. The highest BCUT2D eigenvalue weighted by molar-refractivity contribution is 8.93. The van der Waals surface area contributed by atoms with Crippen molar-refractivity contribution >= 4 is 34.0 Å². The lowest BCUT2D eigenvalue weighted by atomic mass is 9.86. The van der Waals surface area contributed by atoms with Gasteiger partial charge in [-0.15, -0.1) is 34.0 Å². The lowest BCUT2D eigenvalue weighted by molar-refractivity contribution is 0.175. The Morgan fingerprint density at radius 1 is 0.882 bits per heavy atom. The van der Waals surface area contributed by atoms with E-state index in [0.29, 0.717) is 11.8 Å². The summed E-state index contributed by atoms with van der Waals surface area (Å²) in [6, 6.07) is 11.6. The minimum atomic E-state index is -0.0631. The summed E-state index contributed by atoms with van der Waals surface area (Å²) in [4.78, 5) is 2.68. The third kappa shape index (κ3) is 9.40. The molecule has 0 fully saturated rings. The number of phenolic OH excluding ortho intramolecular Hbond substituents is 3. The molecule has 34 heavy (non-hydrogen) atoms. The van der Waals surface area contributed by atoms with E-state index in [4.69, 9.17) is 0 Å². The van der Waals surface area contributed by atoms with Gasteiger partial charge in [0.1, 0.15) is 5.75 Å². The van der Waals surface area contributed by atoms with Crippen molar-refractivity contribution in [3.63, 3.8) is 0 Å². The Morgan fingerprint density at radius 3 is 2.44 bits per heavy atom. The van der Waals surface area contributed by atoms with Gasteiger partial charge < -0.3 is 25.5 Å². The van der Waals surface area contributed by atoms with Crippen LogP contribution in [0.1, 0.15) is 62.1 Å². The fraction of sp³-hybridized carbons (Fsp3) is 0.556. The van der Waals surface area contributed by atoms with E-state index in [0.717, 1.165) is 56.4 Å². The van der Waals surface area contributed by atoms with Crippen LogP contribution in [0.5, 0.6) is 17.2 Å². The highest BCUT2D eigenvalue weighted by Crippen LogP contribution is 2.31. The fourth-order valence-electron chi connectivity index (χ4n) is 4.84. The number of unbranched alkanes of at least 4 members (excludes halogenated alkanes) is 3. The van der Waals surface area contributed by atoms with Crippen LogP contribution in [-0.2, 0) is 19.3 Å². The van der Waals surface area contributed by atoms with Crippen LogP contribution in [0.3, 0.4) is 0 Å². The molecule has 2 aromatic carbocycles. The summed E-state index contributed by atoms with van der Waals surface area (Å²) in [5.41, 5.74) is 3.52. The molecule has 0 radical (unpaired) electrons. The summed E-state index contributed by atoms with van der Waals surface area (Å²) >= 11 is 0. The average molecular weight is 602 g/mol. The maximum Gasteiger partial charge on any atom is 0.157 e. The summed E-state index contributed by atoms with van der Waals surface area (Å²) in [6.45, 7) is 6.50. The number of phenols is 3.